The molecule has 0 spiro atoms. The van der Waals surface area contributed by atoms with Crippen molar-refractivity contribution in [3.8, 4) is 22.3 Å². The van der Waals surface area contributed by atoms with Crippen molar-refractivity contribution in [3.05, 3.63) is 164 Å². The number of anilines is 2. The monoisotopic (exact) mass is 1030 g/mol. The zero-order chi connectivity index (χ0) is 46.1. The Kier molecular flexibility index (Phi) is 21.8. The second-order valence-corrected chi connectivity index (χ2v) is 15.9. The van der Waals surface area contributed by atoms with Crippen molar-refractivity contribution in [1.82, 2.24) is 19.6 Å². The van der Waals surface area contributed by atoms with Crippen LogP contribution in [0.1, 0.15) is 57.1 Å². The Bertz CT molecular complexity index is 2620. The second-order valence-electron chi connectivity index (χ2n) is 13.6. The molecule has 0 unspecified atom stereocenters. The molecule has 0 bridgehead atoms. The van der Waals surface area contributed by atoms with E-state index in [-0.39, 0.29) is 44.4 Å². The van der Waals surface area contributed by atoms with Gasteiger partial charge in [0.15, 0.2) is 0 Å². The number of aromatic nitrogens is 4. The fraction of sp³-hybridized carbons (Fsp3) is 0.174. The molecule has 0 atom stereocenters. The molecule has 6 rings (SSSR count). The normalized spacial score (nSPS) is 10.8. The topological polar surface area (TPSA) is 148 Å². The maximum absolute atomic E-state index is 12.7. The largest absolute Gasteiger partial charge is 1.00 e. The van der Waals surface area contributed by atoms with Gasteiger partial charge in [0.25, 0.3) is 11.8 Å². The second kappa shape index (κ2) is 26.4. The van der Waals surface area contributed by atoms with E-state index in [1.54, 1.807) is 42.8 Å². The molecule has 336 valence electrons. The summed E-state index contributed by atoms with van der Waals surface area (Å²) >= 11 is 26.5. The van der Waals surface area contributed by atoms with Gasteiger partial charge < -0.3 is 37.7 Å². The highest BCUT2D eigenvalue weighted by Crippen LogP contribution is 2.30. The van der Waals surface area contributed by atoms with Crippen LogP contribution in [0.2, 0.25) is 0 Å². The first-order valence-electron chi connectivity index (χ1n) is 19.1. The molecule has 0 aliphatic carbocycles. The Morgan fingerprint density at radius 2 is 1.08 bits per heavy atom. The molecule has 0 fully saturated rings. The molecule has 2 amide bonds. The number of amides is 2. The molecular weight excluding hydrogens is 986 g/mol. The van der Waals surface area contributed by atoms with Gasteiger partial charge in [0, 0.05) is 54.9 Å². The van der Waals surface area contributed by atoms with Gasteiger partial charge in [0.2, 0.25) is 0 Å². The Morgan fingerprint density at radius 1 is 0.672 bits per heavy atom. The lowest BCUT2D eigenvalue weighted by molar-refractivity contribution is -0.0000289. The van der Waals surface area contributed by atoms with Crippen LogP contribution in [-0.4, -0.2) is 60.5 Å². The number of oxime groups is 2. The highest BCUT2D eigenvalue weighted by Gasteiger charge is 2.16. The number of hydrogen-bond donors (Lipinski definition) is 3. The first-order valence-corrected chi connectivity index (χ1v) is 21.1. The van der Waals surface area contributed by atoms with Crippen molar-refractivity contribution in [3.63, 3.8) is 0 Å². The van der Waals surface area contributed by atoms with Gasteiger partial charge in [-0.05, 0) is 74.2 Å². The van der Waals surface area contributed by atoms with E-state index in [4.69, 9.17) is 68.0 Å². The Hall–Kier alpha value is -5.41. The van der Waals surface area contributed by atoms with Crippen LogP contribution in [0.25, 0.3) is 22.3 Å². The van der Waals surface area contributed by atoms with Crippen LogP contribution in [0.3, 0.4) is 0 Å². The third-order valence-corrected chi connectivity index (χ3v) is 9.76. The van der Waals surface area contributed by atoms with Gasteiger partial charge >= 0.3 is 0 Å². The Labute approximate surface area is 407 Å². The molecule has 6 aromatic rings. The van der Waals surface area contributed by atoms with E-state index < -0.39 is 0 Å². The third-order valence-electron chi connectivity index (χ3n) is 8.99. The minimum Gasteiger partial charge on any atom is -1.00 e. The van der Waals surface area contributed by atoms with Crippen LogP contribution in [-0.2, 0) is 18.9 Å². The number of hydrogen-bond acceptors (Lipinski definition) is 8. The van der Waals surface area contributed by atoms with E-state index in [0.717, 1.165) is 50.5 Å². The van der Waals surface area contributed by atoms with Crippen molar-refractivity contribution in [2.45, 2.75) is 27.7 Å². The minimum atomic E-state index is -0.194. The van der Waals surface area contributed by atoms with E-state index >= 15 is 0 Å². The molecule has 3 N–H and O–H groups in total. The van der Waals surface area contributed by atoms with Gasteiger partial charge in [-0.3, -0.25) is 19.0 Å². The summed E-state index contributed by atoms with van der Waals surface area (Å²) in [7, 11) is 3.58. The zero-order valence-corrected chi connectivity index (χ0v) is 40.9. The number of benzene rings is 4. The number of nitrogens with zero attached hydrogens (tertiary/aromatic N) is 6. The van der Waals surface area contributed by atoms with Crippen LogP contribution in [0.5, 0.6) is 0 Å². The highest BCUT2D eigenvalue weighted by molar-refractivity contribution is 6.56. The molecule has 2 heterocycles. The lowest BCUT2D eigenvalue weighted by atomic mass is 10.0. The first-order chi connectivity index (χ1) is 30.1. The highest BCUT2D eigenvalue weighted by atomic mass is 79.9. The van der Waals surface area contributed by atoms with Gasteiger partial charge in [0.05, 0.1) is 33.9 Å². The summed E-state index contributed by atoms with van der Waals surface area (Å²) in [6.45, 7) is 7.41. The van der Waals surface area contributed by atoms with E-state index in [1.807, 2.05) is 118 Å². The number of para-hydroxylation sites is 2. The minimum absolute atomic E-state index is 0. The predicted octanol–water partition coefficient (Wildman–Crippen LogP) is 9.10. The zero-order valence-electron chi connectivity index (χ0n) is 35.6. The number of rotatable bonds is 12. The number of allylic oxidation sites excluding steroid dienone is 1. The van der Waals surface area contributed by atoms with Gasteiger partial charge in [-0.1, -0.05) is 142 Å². The number of alkyl halides is 1. The van der Waals surface area contributed by atoms with E-state index in [9.17, 15) is 9.59 Å². The molecule has 0 aliphatic rings. The van der Waals surface area contributed by atoms with Gasteiger partial charge in [-0.25, -0.2) is 0 Å². The van der Waals surface area contributed by atoms with Crippen molar-refractivity contribution in [2.24, 2.45) is 24.4 Å². The molecule has 0 aliphatic heterocycles. The van der Waals surface area contributed by atoms with Gasteiger partial charge in [0.1, 0.15) is 15.6 Å². The molecule has 12 nitrogen and oxygen atoms in total. The standard InChI is InChI=1S/C23H22Cl2N4O2.C20H20N4O2.C3H3Cl3.BrH/c1-15(28-31-13-12-22(24)25)17-8-10-18(11-9-17)19-6-4-5-7-21(19)26-23(30)20-14-29(3)27-16(20)2;1-13(23-26)15-8-10-16(11-9-15)17-6-4-5-7-19(17)21-20(25)18-12-24(3)22-14(18)2;4-2-1-3(5)6;/h4-12,14H,13H2,1-3H3,(H,26,30);4-12,26H,1-3H3,(H,21,25);1H,2H2;1H/p-1/b28-15+;23-13+;;. The summed E-state index contributed by atoms with van der Waals surface area (Å²) < 4.78 is 3.62. The average Bonchev–Trinajstić information content (AvgIpc) is 3.80. The lowest BCUT2D eigenvalue weighted by Crippen LogP contribution is -3.00. The SMILES string of the molecule is C/C(=N\O)c1ccc(-c2ccccc2NC(=O)c2cn(C)nc2C)cc1.C/C(=N\OCC=C(Cl)Cl)c1ccc(-c2ccccc2NC(=O)c2cn(C)nc2C)cc1.ClCC=C(Cl)Cl.[Br-]. The van der Waals surface area contributed by atoms with Gasteiger partial charge in [-0.2, -0.15) is 10.2 Å². The molecule has 2 aromatic heterocycles. The average molecular weight is 1030 g/mol. The predicted molar refractivity (Wildman–Crippen MR) is 258 cm³/mol. The molecule has 64 heavy (non-hydrogen) atoms. The fourth-order valence-electron chi connectivity index (χ4n) is 5.90. The molecule has 0 radical (unpaired) electrons. The fourth-order valence-corrected chi connectivity index (χ4v) is 6.49. The quantitative estimate of drug-likeness (QED) is 0.0367. The van der Waals surface area contributed by atoms with E-state index in [0.29, 0.717) is 34.1 Å². The van der Waals surface area contributed by atoms with Crippen molar-refractivity contribution in [1.29, 1.82) is 0 Å². The third kappa shape index (κ3) is 16.0. The number of nitrogens with one attached hydrogen (secondary N) is 2. The summed E-state index contributed by atoms with van der Waals surface area (Å²) in [5.41, 5.74) is 10.7. The number of carbonyl (C=O) groups is 2. The van der Waals surface area contributed by atoms with Crippen LogP contribution >= 0.6 is 58.0 Å². The Balaban J connectivity index is 0.000000301. The van der Waals surface area contributed by atoms with Crippen molar-refractivity contribution >= 4 is 92.6 Å². The van der Waals surface area contributed by atoms with E-state index in [1.165, 1.54) is 12.2 Å². The van der Waals surface area contributed by atoms with E-state index in [2.05, 4.69) is 31.1 Å². The molecule has 0 saturated carbocycles. The molecule has 0 saturated heterocycles. The number of carbonyl (C=O) groups excluding carboxylic acids is 2. The summed E-state index contributed by atoms with van der Waals surface area (Å²) in [4.78, 5) is 30.5. The molecule has 18 heteroatoms. The maximum atomic E-state index is 12.7. The summed E-state index contributed by atoms with van der Waals surface area (Å²) in [6.07, 6.45) is 6.44. The first kappa shape index (κ1) is 52.9. The number of halogens is 6. The molecular formula is C46H45BrCl5N8O4-. The van der Waals surface area contributed by atoms with Crippen LogP contribution in [0.4, 0.5) is 11.4 Å². The summed E-state index contributed by atoms with van der Waals surface area (Å²) in [5, 5.41) is 30.6. The van der Waals surface area contributed by atoms with Crippen LogP contribution < -0.4 is 27.6 Å². The van der Waals surface area contributed by atoms with Gasteiger partial charge in [-0.15, -0.1) is 11.6 Å². The van der Waals surface area contributed by atoms with Crippen molar-refractivity contribution < 1.29 is 36.6 Å². The Morgan fingerprint density at radius 3 is 1.42 bits per heavy atom. The maximum Gasteiger partial charge on any atom is 0.259 e. The van der Waals surface area contributed by atoms with Crippen molar-refractivity contribution in [2.75, 3.05) is 23.1 Å². The number of aryl methyl sites for hydroxylation is 4. The lowest BCUT2D eigenvalue weighted by Gasteiger charge is -2.12. The smallest absolute Gasteiger partial charge is 0.259 e. The summed E-state index contributed by atoms with van der Waals surface area (Å²) in [6, 6.07) is 30.8. The summed E-state index contributed by atoms with van der Waals surface area (Å²) in [5.74, 6) is -0.00803. The van der Waals surface area contributed by atoms with Crippen LogP contribution in [0.15, 0.2) is 141 Å². The van der Waals surface area contributed by atoms with Crippen LogP contribution in [0, 0.1) is 13.8 Å². The molecule has 4 aromatic carbocycles.